The minimum absolute atomic E-state index is 0.0907. The van der Waals surface area contributed by atoms with Gasteiger partial charge in [0.15, 0.2) is 0 Å². The zero-order valence-electron chi connectivity index (χ0n) is 13.9. The maximum Gasteiger partial charge on any atom is 0.251 e. The first-order valence-corrected chi connectivity index (χ1v) is 10.4. The number of carbonyl (C=O) groups excluding carboxylic acids is 1. The van der Waals surface area contributed by atoms with Crippen molar-refractivity contribution in [2.75, 3.05) is 13.1 Å². The van der Waals surface area contributed by atoms with E-state index in [1.807, 2.05) is 19.1 Å². The van der Waals surface area contributed by atoms with E-state index in [0.717, 1.165) is 29.3 Å². The number of hydrogen-bond acceptors (Lipinski definition) is 5. The van der Waals surface area contributed by atoms with Crippen LogP contribution >= 0.6 is 11.3 Å². The molecule has 1 fully saturated rings. The van der Waals surface area contributed by atoms with Gasteiger partial charge in [0.1, 0.15) is 0 Å². The van der Waals surface area contributed by atoms with Crippen molar-refractivity contribution in [1.29, 1.82) is 0 Å². The molecular formula is C17H21N3O3S2. The molecule has 2 aromatic rings. The van der Waals surface area contributed by atoms with Crippen molar-refractivity contribution in [3.05, 3.63) is 51.7 Å². The Bertz CT molecular complexity index is 856. The van der Waals surface area contributed by atoms with Crippen molar-refractivity contribution in [2.45, 2.75) is 30.8 Å². The fourth-order valence-electron chi connectivity index (χ4n) is 2.68. The Morgan fingerprint density at radius 1 is 1.32 bits per heavy atom. The van der Waals surface area contributed by atoms with E-state index in [1.165, 1.54) is 12.1 Å². The summed E-state index contributed by atoms with van der Waals surface area (Å²) in [6.07, 6.45) is 0.880. The van der Waals surface area contributed by atoms with E-state index in [9.17, 15) is 13.2 Å². The molecule has 1 amide bonds. The number of aryl methyl sites for hydroxylation is 1. The fourth-order valence-corrected chi connectivity index (χ4v) is 4.65. The Hall–Kier alpha value is -1.74. The standard InChI is InChI=1S/C17H21N3O3S2/c1-12-5-6-15(24-12)11-19-25(22,23)16-4-2-3-13(9-16)17(21)20-14-7-8-18-10-14/h2-6,9,14,18-19H,7-8,10-11H2,1H3,(H,20,21)/t14-/m1/s1. The largest absolute Gasteiger partial charge is 0.348 e. The molecule has 1 aliphatic rings. The maximum absolute atomic E-state index is 12.5. The molecule has 25 heavy (non-hydrogen) atoms. The van der Waals surface area contributed by atoms with Gasteiger partial charge in [-0.3, -0.25) is 4.79 Å². The summed E-state index contributed by atoms with van der Waals surface area (Å²) in [6, 6.07) is 10.1. The molecule has 6 nitrogen and oxygen atoms in total. The van der Waals surface area contributed by atoms with Crippen LogP contribution in [0.25, 0.3) is 0 Å². The summed E-state index contributed by atoms with van der Waals surface area (Å²) in [5.74, 6) is -0.250. The van der Waals surface area contributed by atoms with Crippen molar-refractivity contribution >= 4 is 27.3 Å². The molecule has 8 heteroatoms. The van der Waals surface area contributed by atoms with Crippen LogP contribution in [0, 0.1) is 6.92 Å². The summed E-state index contributed by atoms with van der Waals surface area (Å²) in [7, 11) is -3.67. The van der Waals surface area contributed by atoms with E-state index in [4.69, 9.17) is 0 Å². The number of rotatable bonds is 6. The van der Waals surface area contributed by atoms with Gasteiger partial charge in [-0.2, -0.15) is 0 Å². The molecule has 1 aromatic carbocycles. The predicted octanol–water partition coefficient (Wildman–Crippen LogP) is 1.63. The number of thiophene rings is 1. The third kappa shape index (κ3) is 4.66. The van der Waals surface area contributed by atoms with Crippen LogP contribution in [0.2, 0.25) is 0 Å². The first-order chi connectivity index (χ1) is 11.9. The van der Waals surface area contributed by atoms with E-state index < -0.39 is 10.0 Å². The second-order valence-corrected chi connectivity index (χ2v) is 9.17. The minimum Gasteiger partial charge on any atom is -0.348 e. The Morgan fingerprint density at radius 3 is 2.84 bits per heavy atom. The van der Waals surface area contributed by atoms with Crippen LogP contribution in [0.15, 0.2) is 41.3 Å². The lowest BCUT2D eigenvalue weighted by Gasteiger charge is -2.12. The van der Waals surface area contributed by atoms with E-state index in [2.05, 4.69) is 15.4 Å². The third-order valence-corrected chi connectivity index (χ3v) is 6.43. The maximum atomic E-state index is 12.5. The summed E-state index contributed by atoms with van der Waals surface area (Å²) < 4.78 is 27.6. The zero-order valence-corrected chi connectivity index (χ0v) is 15.5. The molecule has 3 rings (SSSR count). The molecule has 1 atom stereocenters. The Morgan fingerprint density at radius 2 is 2.16 bits per heavy atom. The first-order valence-electron chi connectivity index (χ1n) is 8.11. The molecule has 0 aliphatic carbocycles. The van der Waals surface area contributed by atoms with Crippen molar-refractivity contribution in [1.82, 2.24) is 15.4 Å². The molecule has 134 valence electrons. The van der Waals surface area contributed by atoms with Crippen molar-refractivity contribution < 1.29 is 13.2 Å². The van der Waals surface area contributed by atoms with Gasteiger partial charge >= 0.3 is 0 Å². The van der Waals surface area contributed by atoms with Crippen LogP contribution in [0.3, 0.4) is 0 Å². The highest BCUT2D eigenvalue weighted by atomic mass is 32.2. The lowest BCUT2D eigenvalue weighted by Crippen LogP contribution is -2.36. The van der Waals surface area contributed by atoms with Crippen molar-refractivity contribution in [3.63, 3.8) is 0 Å². The second kappa shape index (κ2) is 7.65. The Labute approximate surface area is 151 Å². The summed E-state index contributed by atoms with van der Waals surface area (Å²) >= 11 is 1.55. The van der Waals surface area contributed by atoms with E-state index in [-0.39, 0.29) is 23.4 Å². The lowest BCUT2D eigenvalue weighted by atomic mass is 10.2. The Balaban J connectivity index is 1.69. The summed E-state index contributed by atoms with van der Waals surface area (Å²) in [5.41, 5.74) is 0.349. The molecule has 1 aliphatic heterocycles. The van der Waals surface area contributed by atoms with Crippen LogP contribution in [-0.4, -0.2) is 33.5 Å². The lowest BCUT2D eigenvalue weighted by molar-refractivity contribution is 0.0940. The highest BCUT2D eigenvalue weighted by molar-refractivity contribution is 7.89. The average molecular weight is 380 g/mol. The minimum atomic E-state index is -3.67. The van der Waals surface area contributed by atoms with Crippen LogP contribution in [0.1, 0.15) is 26.5 Å². The highest BCUT2D eigenvalue weighted by Crippen LogP contribution is 2.17. The van der Waals surface area contributed by atoms with Gasteiger partial charge in [-0.1, -0.05) is 6.07 Å². The third-order valence-electron chi connectivity index (χ3n) is 4.03. The summed E-state index contributed by atoms with van der Waals surface area (Å²) in [4.78, 5) is 14.5. The summed E-state index contributed by atoms with van der Waals surface area (Å²) in [6.45, 7) is 3.84. The number of amides is 1. The SMILES string of the molecule is Cc1ccc(CNS(=O)(=O)c2cccc(C(=O)N[C@@H]3CCNC3)c2)s1. The fraction of sp³-hybridized carbons (Fsp3) is 0.353. The second-order valence-electron chi connectivity index (χ2n) is 6.03. The van der Waals surface area contributed by atoms with Crippen LogP contribution in [0.5, 0.6) is 0 Å². The van der Waals surface area contributed by atoms with Crippen LogP contribution in [0.4, 0.5) is 0 Å². The van der Waals surface area contributed by atoms with Gasteiger partial charge in [0.05, 0.1) is 4.90 Å². The number of benzene rings is 1. The highest BCUT2D eigenvalue weighted by Gasteiger charge is 2.20. The average Bonchev–Trinajstić information content (AvgIpc) is 3.25. The molecule has 1 aromatic heterocycles. The number of nitrogens with one attached hydrogen (secondary N) is 3. The van der Waals surface area contributed by atoms with Crippen LogP contribution < -0.4 is 15.4 Å². The van der Waals surface area contributed by atoms with Gasteiger partial charge in [0.2, 0.25) is 10.0 Å². The van der Waals surface area contributed by atoms with E-state index in [1.54, 1.807) is 23.5 Å². The van der Waals surface area contributed by atoms with E-state index in [0.29, 0.717) is 5.56 Å². The van der Waals surface area contributed by atoms with Crippen molar-refractivity contribution in [2.24, 2.45) is 0 Å². The molecule has 0 saturated carbocycles. The van der Waals surface area contributed by atoms with Gasteiger partial charge in [-0.05, 0) is 50.2 Å². The predicted molar refractivity (Wildman–Crippen MR) is 98.3 cm³/mol. The quantitative estimate of drug-likeness (QED) is 0.712. The topological polar surface area (TPSA) is 87.3 Å². The van der Waals surface area contributed by atoms with Gasteiger partial charge in [0.25, 0.3) is 5.91 Å². The van der Waals surface area contributed by atoms with Crippen LogP contribution in [-0.2, 0) is 16.6 Å². The van der Waals surface area contributed by atoms with Gasteiger partial charge < -0.3 is 10.6 Å². The van der Waals surface area contributed by atoms with Crippen molar-refractivity contribution in [3.8, 4) is 0 Å². The molecule has 2 heterocycles. The summed E-state index contributed by atoms with van der Waals surface area (Å²) in [5, 5.41) is 6.10. The Kier molecular flexibility index (Phi) is 5.53. The molecule has 0 radical (unpaired) electrons. The van der Waals surface area contributed by atoms with Gasteiger partial charge in [-0.15, -0.1) is 11.3 Å². The van der Waals surface area contributed by atoms with E-state index >= 15 is 0 Å². The van der Waals surface area contributed by atoms with Gasteiger partial charge in [0, 0.05) is 34.4 Å². The number of carbonyl (C=O) groups is 1. The normalized spacial score (nSPS) is 17.6. The first kappa shape index (κ1) is 18.1. The number of hydrogen-bond donors (Lipinski definition) is 3. The monoisotopic (exact) mass is 379 g/mol. The van der Waals surface area contributed by atoms with Gasteiger partial charge in [-0.25, -0.2) is 13.1 Å². The smallest absolute Gasteiger partial charge is 0.251 e. The zero-order chi connectivity index (χ0) is 17.9. The molecule has 3 N–H and O–H groups in total. The molecule has 1 saturated heterocycles. The number of sulfonamides is 1. The molecule has 0 unspecified atom stereocenters. The molecule has 0 spiro atoms. The molecule has 0 bridgehead atoms. The molecular weight excluding hydrogens is 358 g/mol.